The van der Waals surface area contributed by atoms with Crippen molar-refractivity contribution in [1.82, 2.24) is 4.98 Å². The Bertz CT molecular complexity index is 435. The largest absolute Gasteiger partial charge is 0.280 e. The highest BCUT2D eigenvalue weighted by Crippen LogP contribution is 2.21. The van der Waals surface area contributed by atoms with Crippen molar-refractivity contribution in [3.8, 4) is 0 Å². The molecule has 7 heteroatoms. The minimum Gasteiger partial charge on any atom is -0.280 e. The molecule has 0 aliphatic rings. The molecule has 0 aromatic carbocycles. The number of rotatable bonds is 3. The van der Waals surface area contributed by atoms with Gasteiger partial charge in [-0.2, -0.15) is 0 Å². The van der Waals surface area contributed by atoms with Gasteiger partial charge in [-0.3, -0.25) is 4.72 Å². The Kier molecular flexibility index (Phi) is 3.74. The fourth-order valence-electron chi connectivity index (χ4n) is 0.819. The Labute approximate surface area is 95.9 Å². The summed E-state index contributed by atoms with van der Waals surface area (Å²) < 4.78 is 24.5. The Balaban J connectivity index is 3.03. The molecule has 1 aromatic rings. The van der Waals surface area contributed by atoms with E-state index in [0.717, 1.165) is 5.56 Å². The average molecular weight is 300 g/mol. The molecule has 0 aliphatic carbocycles. The van der Waals surface area contributed by atoms with E-state index >= 15 is 0 Å². The van der Waals surface area contributed by atoms with Crippen LogP contribution in [0.3, 0.4) is 0 Å². The standard InChI is InChI=1S/C7H8BrClN2O2S/c1-5-2-6(7(9)10-3-5)11-14(12,13)4-8/h2-3,11H,4H2,1H3. The summed E-state index contributed by atoms with van der Waals surface area (Å²) in [5.74, 6) is 0. The molecule has 0 saturated heterocycles. The van der Waals surface area contributed by atoms with E-state index in [9.17, 15) is 8.42 Å². The summed E-state index contributed by atoms with van der Waals surface area (Å²) in [5, 5.41) is 0.139. The second-order valence-electron chi connectivity index (χ2n) is 2.68. The molecule has 0 spiro atoms. The molecule has 0 radical (unpaired) electrons. The lowest BCUT2D eigenvalue weighted by Gasteiger charge is -2.06. The lowest BCUT2D eigenvalue weighted by molar-refractivity contribution is 0.606. The summed E-state index contributed by atoms with van der Waals surface area (Å²) in [5.41, 5.74) is 1.13. The number of aryl methyl sites for hydroxylation is 1. The van der Waals surface area contributed by atoms with E-state index in [1.165, 1.54) is 0 Å². The molecule has 14 heavy (non-hydrogen) atoms. The summed E-state index contributed by atoms with van der Waals surface area (Å²) in [7, 11) is -3.37. The van der Waals surface area contributed by atoms with Crippen LogP contribution in [0.4, 0.5) is 5.69 Å². The third-order valence-electron chi connectivity index (χ3n) is 1.38. The number of sulfonamides is 1. The summed E-state index contributed by atoms with van der Waals surface area (Å²) >= 11 is 8.56. The number of aromatic nitrogens is 1. The van der Waals surface area contributed by atoms with Crippen molar-refractivity contribution in [2.24, 2.45) is 0 Å². The number of nitrogens with one attached hydrogen (secondary N) is 1. The molecule has 0 bridgehead atoms. The number of alkyl halides is 1. The van der Waals surface area contributed by atoms with E-state index in [-0.39, 0.29) is 9.82 Å². The van der Waals surface area contributed by atoms with Crippen LogP contribution in [0.25, 0.3) is 0 Å². The number of hydrogen-bond acceptors (Lipinski definition) is 3. The Morgan fingerprint density at radius 1 is 1.64 bits per heavy atom. The third-order valence-corrected chi connectivity index (χ3v) is 4.31. The molecule has 0 atom stereocenters. The maximum atomic E-state index is 11.2. The van der Waals surface area contributed by atoms with Crippen LogP contribution in [0.15, 0.2) is 12.3 Å². The summed E-state index contributed by atoms with van der Waals surface area (Å²) in [6, 6.07) is 1.62. The Morgan fingerprint density at radius 2 is 2.29 bits per heavy atom. The fourth-order valence-corrected chi connectivity index (χ4v) is 1.91. The van der Waals surface area contributed by atoms with Crippen LogP contribution in [0.5, 0.6) is 0 Å². The van der Waals surface area contributed by atoms with Gasteiger partial charge in [-0.1, -0.05) is 27.5 Å². The minimum atomic E-state index is -3.37. The zero-order chi connectivity index (χ0) is 10.8. The summed E-state index contributed by atoms with van der Waals surface area (Å²) in [4.78, 5) is 3.82. The normalized spacial score (nSPS) is 11.4. The molecule has 0 saturated carbocycles. The fraction of sp³-hybridized carbons (Fsp3) is 0.286. The topological polar surface area (TPSA) is 59.1 Å². The first-order valence-corrected chi connectivity index (χ1v) is 6.78. The third kappa shape index (κ3) is 3.11. The first-order chi connectivity index (χ1) is 6.44. The maximum Gasteiger partial charge on any atom is 0.242 e. The van der Waals surface area contributed by atoms with Crippen LogP contribution in [0, 0.1) is 6.92 Å². The van der Waals surface area contributed by atoms with E-state index in [1.807, 2.05) is 0 Å². The van der Waals surface area contributed by atoms with Crippen molar-refractivity contribution in [1.29, 1.82) is 0 Å². The quantitative estimate of drug-likeness (QED) is 0.687. The van der Waals surface area contributed by atoms with Gasteiger partial charge < -0.3 is 0 Å². The van der Waals surface area contributed by atoms with Crippen molar-refractivity contribution in [3.63, 3.8) is 0 Å². The molecule has 4 nitrogen and oxygen atoms in total. The predicted molar refractivity (Wildman–Crippen MR) is 60.3 cm³/mol. The van der Waals surface area contributed by atoms with Gasteiger partial charge in [-0.25, -0.2) is 13.4 Å². The van der Waals surface area contributed by atoms with Gasteiger partial charge in [0.25, 0.3) is 0 Å². The van der Waals surface area contributed by atoms with Gasteiger partial charge in [-0.05, 0) is 18.6 Å². The van der Waals surface area contributed by atoms with Gasteiger partial charge in [-0.15, -0.1) is 0 Å². The number of halogens is 2. The van der Waals surface area contributed by atoms with Crippen LogP contribution in [-0.4, -0.2) is 18.1 Å². The highest BCUT2D eigenvalue weighted by atomic mass is 79.9. The highest BCUT2D eigenvalue weighted by Gasteiger charge is 2.10. The van der Waals surface area contributed by atoms with E-state index in [2.05, 4.69) is 25.6 Å². The van der Waals surface area contributed by atoms with E-state index < -0.39 is 10.0 Å². The first-order valence-electron chi connectivity index (χ1n) is 3.63. The molecule has 1 heterocycles. The Hall–Kier alpha value is -0.330. The van der Waals surface area contributed by atoms with Crippen molar-refractivity contribution >= 4 is 43.2 Å². The zero-order valence-corrected chi connectivity index (χ0v) is 10.4. The van der Waals surface area contributed by atoms with E-state index in [0.29, 0.717) is 5.69 Å². The molecule has 0 amide bonds. The van der Waals surface area contributed by atoms with Crippen LogP contribution in [0.1, 0.15) is 5.56 Å². The van der Waals surface area contributed by atoms with Gasteiger partial charge >= 0.3 is 0 Å². The van der Waals surface area contributed by atoms with Crippen LogP contribution in [-0.2, 0) is 10.0 Å². The monoisotopic (exact) mass is 298 g/mol. The Morgan fingerprint density at radius 3 is 2.86 bits per heavy atom. The summed E-state index contributed by atoms with van der Waals surface area (Å²) in [6.07, 6.45) is 1.56. The van der Waals surface area contributed by atoms with Crippen molar-refractivity contribution in [2.45, 2.75) is 6.92 Å². The molecule has 0 fully saturated rings. The van der Waals surface area contributed by atoms with Gasteiger partial charge in [0.05, 0.1) is 5.69 Å². The molecular formula is C7H8BrClN2O2S. The molecule has 0 unspecified atom stereocenters. The van der Waals surface area contributed by atoms with Crippen molar-refractivity contribution in [2.75, 3.05) is 9.38 Å². The minimum absolute atomic E-state index is 0.139. The maximum absolute atomic E-state index is 11.2. The second kappa shape index (κ2) is 4.46. The van der Waals surface area contributed by atoms with Crippen LogP contribution >= 0.6 is 27.5 Å². The number of anilines is 1. The average Bonchev–Trinajstić information content (AvgIpc) is 2.11. The van der Waals surface area contributed by atoms with E-state index in [1.54, 1.807) is 19.2 Å². The summed E-state index contributed by atoms with van der Waals surface area (Å²) in [6.45, 7) is 1.80. The second-order valence-corrected chi connectivity index (χ2v) is 6.06. The van der Waals surface area contributed by atoms with Crippen LogP contribution < -0.4 is 4.72 Å². The van der Waals surface area contributed by atoms with Crippen molar-refractivity contribution in [3.05, 3.63) is 23.0 Å². The molecule has 1 aromatic heterocycles. The number of hydrogen-bond donors (Lipinski definition) is 1. The molecule has 1 N–H and O–H groups in total. The molecular weight excluding hydrogens is 292 g/mol. The van der Waals surface area contributed by atoms with Crippen LogP contribution in [0.2, 0.25) is 5.15 Å². The van der Waals surface area contributed by atoms with Gasteiger partial charge in [0.2, 0.25) is 10.0 Å². The molecule has 0 aliphatic heterocycles. The lowest BCUT2D eigenvalue weighted by Crippen LogP contribution is -2.13. The first kappa shape index (κ1) is 11.7. The van der Waals surface area contributed by atoms with Gasteiger partial charge in [0, 0.05) is 6.20 Å². The van der Waals surface area contributed by atoms with E-state index in [4.69, 9.17) is 11.6 Å². The van der Waals surface area contributed by atoms with Crippen molar-refractivity contribution < 1.29 is 8.42 Å². The highest BCUT2D eigenvalue weighted by molar-refractivity contribution is 9.10. The lowest BCUT2D eigenvalue weighted by atomic mass is 10.3. The zero-order valence-electron chi connectivity index (χ0n) is 7.29. The number of pyridine rings is 1. The SMILES string of the molecule is Cc1cnc(Cl)c(NS(=O)(=O)CBr)c1. The molecule has 78 valence electrons. The smallest absolute Gasteiger partial charge is 0.242 e. The number of nitrogens with zero attached hydrogens (tertiary/aromatic N) is 1. The van der Waals surface area contributed by atoms with Gasteiger partial charge in [0.15, 0.2) is 5.15 Å². The van der Waals surface area contributed by atoms with Gasteiger partial charge in [0.1, 0.15) is 4.66 Å². The predicted octanol–water partition coefficient (Wildman–Crippen LogP) is 2.14. The molecule has 1 rings (SSSR count).